The van der Waals surface area contributed by atoms with Gasteiger partial charge in [0.25, 0.3) is 0 Å². The van der Waals surface area contributed by atoms with Crippen molar-refractivity contribution in [3.8, 4) is 11.5 Å². The van der Waals surface area contributed by atoms with Crippen molar-refractivity contribution < 1.29 is 14.3 Å². The molecule has 1 heterocycles. The minimum absolute atomic E-state index is 0.254. The van der Waals surface area contributed by atoms with Gasteiger partial charge in [0, 0.05) is 18.3 Å². The van der Waals surface area contributed by atoms with Crippen LogP contribution < -0.4 is 14.8 Å². The fourth-order valence-electron chi connectivity index (χ4n) is 1.70. The van der Waals surface area contributed by atoms with Crippen LogP contribution in [0.1, 0.15) is 5.56 Å². The molecule has 2 aromatic rings. The molecule has 0 saturated carbocycles. The predicted octanol–water partition coefficient (Wildman–Crippen LogP) is 2.75. The van der Waals surface area contributed by atoms with Crippen molar-refractivity contribution in [2.45, 2.75) is 0 Å². The summed E-state index contributed by atoms with van der Waals surface area (Å²) in [5.41, 5.74) is 0.808. The van der Waals surface area contributed by atoms with E-state index in [1.165, 1.54) is 6.08 Å². The number of rotatable bonds is 5. The van der Waals surface area contributed by atoms with Crippen molar-refractivity contribution in [3.05, 3.63) is 54.2 Å². The van der Waals surface area contributed by atoms with Crippen LogP contribution in [0.5, 0.6) is 11.5 Å². The van der Waals surface area contributed by atoms with Crippen molar-refractivity contribution in [1.82, 2.24) is 4.98 Å². The third-order valence-corrected chi connectivity index (χ3v) is 2.72. The average molecular weight is 284 g/mol. The molecule has 0 radical (unpaired) electrons. The lowest BCUT2D eigenvalue weighted by atomic mass is 10.2. The molecule has 0 aliphatic carbocycles. The molecule has 0 spiro atoms. The Hall–Kier alpha value is -2.82. The molecular formula is C16H16N2O3. The molecule has 0 unspecified atom stereocenters. The normalized spacial score (nSPS) is 10.4. The Morgan fingerprint density at radius 1 is 1.14 bits per heavy atom. The number of pyridine rings is 1. The highest BCUT2D eigenvalue weighted by molar-refractivity contribution is 6.01. The summed E-state index contributed by atoms with van der Waals surface area (Å²) in [6, 6.07) is 10.7. The standard InChI is InChI=1S/C16H16N2O3/c1-20-13-9-12(10-14(11-13)21-2)6-7-16(19)18-15-5-3-4-8-17-15/h3-11H,1-2H3,(H,17,18,19). The van der Waals surface area contributed by atoms with Crippen LogP contribution in [0.3, 0.4) is 0 Å². The van der Waals surface area contributed by atoms with E-state index >= 15 is 0 Å². The number of nitrogens with zero attached hydrogens (tertiary/aromatic N) is 1. The van der Waals surface area contributed by atoms with E-state index in [2.05, 4.69) is 10.3 Å². The van der Waals surface area contributed by atoms with Gasteiger partial charge in [0.05, 0.1) is 14.2 Å². The number of carbonyl (C=O) groups excluding carboxylic acids is 1. The van der Waals surface area contributed by atoms with Crippen molar-refractivity contribution in [1.29, 1.82) is 0 Å². The van der Waals surface area contributed by atoms with E-state index in [0.717, 1.165) is 5.56 Å². The molecule has 1 aromatic carbocycles. The SMILES string of the molecule is COc1cc(C=CC(=O)Nc2ccccn2)cc(OC)c1. The molecule has 1 aromatic heterocycles. The molecular weight excluding hydrogens is 268 g/mol. The third kappa shape index (κ3) is 4.35. The summed E-state index contributed by atoms with van der Waals surface area (Å²) in [4.78, 5) is 15.8. The fraction of sp³-hybridized carbons (Fsp3) is 0.125. The number of hydrogen-bond donors (Lipinski definition) is 1. The van der Waals surface area contributed by atoms with Crippen LogP contribution in [-0.2, 0) is 4.79 Å². The van der Waals surface area contributed by atoms with E-state index in [1.54, 1.807) is 50.8 Å². The molecule has 1 N–H and O–H groups in total. The second kappa shape index (κ2) is 7.09. The molecule has 0 bridgehead atoms. The summed E-state index contributed by atoms with van der Waals surface area (Å²) in [7, 11) is 3.16. The number of anilines is 1. The molecule has 0 aliphatic heterocycles. The summed E-state index contributed by atoms with van der Waals surface area (Å²) < 4.78 is 10.4. The molecule has 108 valence electrons. The maximum atomic E-state index is 11.8. The van der Waals surface area contributed by atoms with Crippen LogP contribution in [0.15, 0.2) is 48.7 Å². The van der Waals surface area contributed by atoms with E-state index in [-0.39, 0.29) is 5.91 Å². The molecule has 0 aliphatic rings. The van der Waals surface area contributed by atoms with Gasteiger partial charge in [0.15, 0.2) is 0 Å². The van der Waals surface area contributed by atoms with Crippen molar-refractivity contribution in [3.63, 3.8) is 0 Å². The first-order valence-electron chi connectivity index (χ1n) is 6.34. The van der Waals surface area contributed by atoms with Gasteiger partial charge in [-0.3, -0.25) is 4.79 Å². The first-order valence-corrected chi connectivity index (χ1v) is 6.34. The van der Waals surface area contributed by atoms with Gasteiger partial charge in [-0.25, -0.2) is 4.98 Å². The Morgan fingerprint density at radius 3 is 2.43 bits per heavy atom. The summed E-state index contributed by atoms with van der Waals surface area (Å²) in [6.45, 7) is 0. The summed E-state index contributed by atoms with van der Waals surface area (Å²) in [6.07, 6.45) is 4.73. The monoisotopic (exact) mass is 284 g/mol. The second-order valence-corrected chi connectivity index (χ2v) is 4.18. The van der Waals surface area contributed by atoms with Crippen LogP contribution in [0.4, 0.5) is 5.82 Å². The van der Waals surface area contributed by atoms with Crippen LogP contribution in [0, 0.1) is 0 Å². The molecule has 5 nitrogen and oxygen atoms in total. The number of ether oxygens (including phenoxy) is 2. The van der Waals surface area contributed by atoms with Crippen molar-refractivity contribution >= 4 is 17.8 Å². The lowest BCUT2D eigenvalue weighted by Gasteiger charge is -2.05. The van der Waals surface area contributed by atoms with Gasteiger partial charge in [0.2, 0.25) is 5.91 Å². The van der Waals surface area contributed by atoms with Gasteiger partial charge in [-0.1, -0.05) is 6.07 Å². The number of aromatic nitrogens is 1. The van der Waals surface area contributed by atoms with Crippen LogP contribution in [-0.4, -0.2) is 25.1 Å². The number of carbonyl (C=O) groups is 1. The van der Waals surface area contributed by atoms with E-state index in [0.29, 0.717) is 17.3 Å². The van der Waals surface area contributed by atoms with Gasteiger partial charge >= 0.3 is 0 Å². The summed E-state index contributed by atoms with van der Waals surface area (Å²) >= 11 is 0. The fourth-order valence-corrected chi connectivity index (χ4v) is 1.70. The van der Waals surface area contributed by atoms with Crippen molar-refractivity contribution in [2.75, 3.05) is 19.5 Å². The zero-order valence-electron chi connectivity index (χ0n) is 11.9. The molecule has 1 amide bonds. The van der Waals surface area contributed by atoms with Crippen molar-refractivity contribution in [2.24, 2.45) is 0 Å². The van der Waals surface area contributed by atoms with E-state index in [4.69, 9.17) is 9.47 Å². The summed E-state index contributed by atoms with van der Waals surface area (Å²) in [5.74, 6) is 1.59. The Balaban J connectivity index is 2.08. The first kappa shape index (κ1) is 14.6. The minimum Gasteiger partial charge on any atom is -0.497 e. The van der Waals surface area contributed by atoms with E-state index in [1.807, 2.05) is 12.1 Å². The van der Waals surface area contributed by atoms with Crippen LogP contribution in [0.2, 0.25) is 0 Å². The lowest BCUT2D eigenvalue weighted by Crippen LogP contribution is -2.08. The molecule has 21 heavy (non-hydrogen) atoms. The smallest absolute Gasteiger partial charge is 0.249 e. The zero-order valence-corrected chi connectivity index (χ0v) is 11.9. The minimum atomic E-state index is -0.254. The first-order chi connectivity index (χ1) is 10.2. The Labute approximate surface area is 123 Å². The maximum Gasteiger partial charge on any atom is 0.249 e. The maximum absolute atomic E-state index is 11.8. The number of nitrogens with one attached hydrogen (secondary N) is 1. The number of benzene rings is 1. The molecule has 0 saturated heterocycles. The van der Waals surface area contributed by atoms with Crippen LogP contribution in [0.25, 0.3) is 6.08 Å². The van der Waals surface area contributed by atoms with Gasteiger partial charge in [-0.15, -0.1) is 0 Å². The topological polar surface area (TPSA) is 60.5 Å². The molecule has 5 heteroatoms. The second-order valence-electron chi connectivity index (χ2n) is 4.18. The highest BCUT2D eigenvalue weighted by Gasteiger charge is 2.01. The molecule has 0 atom stereocenters. The highest BCUT2D eigenvalue weighted by atomic mass is 16.5. The van der Waals surface area contributed by atoms with Gasteiger partial charge in [-0.05, 0) is 35.9 Å². The number of amides is 1. The molecule has 2 rings (SSSR count). The predicted molar refractivity (Wildman–Crippen MR) is 81.4 cm³/mol. The number of methoxy groups -OCH3 is 2. The Kier molecular flexibility index (Phi) is 4.93. The quantitative estimate of drug-likeness (QED) is 0.858. The Morgan fingerprint density at radius 2 is 1.86 bits per heavy atom. The summed E-state index contributed by atoms with van der Waals surface area (Å²) in [5, 5.41) is 2.67. The van der Waals surface area contributed by atoms with Gasteiger partial charge in [-0.2, -0.15) is 0 Å². The van der Waals surface area contributed by atoms with E-state index in [9.17, 15) is 4.79 Å². The van der Waals surface area contributed by atoms with Crippen LogP contribution >= 0.6 is 0 Å². The van der Waals surface area contributed by atoms with Gasteiger partial charge < -0.3 is 14.8 Å². The lowest BCUT2D eigenvalue weighted by molar-refractivity contribution is -0.111. The average Bonchev–Trinajstić information content (AvgIpc) is 2.53. The highest BCUT2D eigenvalue weighted by Crippen LogP contribution is 2.23. The third-order valence-electron chi connectivity index (χ3n) is 2.72. The zero-order chi connectivity index (χ0) is 15.1. The van der Waals surface area contributed by atoms with Gasteiger partial charge in [0.1, 0.15) is 17.3 Å². The molecule has 0 fully saturated rings. The largest absolute Gasteiger partial charge is 0.497 e. The van der Waals surface area contributed by atoms with E-state index < -0.39 is 0 Å². The number of hydrogen-bond acceptors (Lipinski definition) is 4. The Bertz CT molecular complexity index is 617.